The molecule has 0 spiro atoms. The monoisotopic (exact) mass is 167 g/mol. The zero-order chi connectivity index (χ0) is 9.14. The average Bonchev–Trinajstić information content (AvgIpc) is 2.03. The molecule has 1 aliphatic carbocycles. The average molecular weight is 167 g/mol. The van der Waals surface area contributed by atoms with Crippen molar-refractivity contribution in [1.82, 2.24) is 0 Å². The fraction of sp³-hybridized carbons (Fsp3) is 0.143. The Morgan fingerprint density at radius 3 is 2.75 bits per heavy atom. The molecule has 1 aliphatic rings. The first kappa shape index (κ1) is 8.23. The van der Waals surface area contributed by atoms with Gasteiger partial charge in [0.15, 0.2) is 5.76 Å². The van der Waals surface area contributed by atoms with Crippen LogP contribution in [0, 0.1) is 10.1 Å². The highest BCUT2D eigenvalue weighted by Gasteiger charge is 2.31. The third kappa shape index (κ3) is 1.26. The summed E-state index contributed by atoms with van der Waals surface area (Å²) in [7, 11) is 0. The highest BCUT2D eigenvalue weighted by molar-refractivity contribution is 5.62. The van der Waals surface area contributed by atoms with Crippen molar-refractivity contribution in [2.45, 2.75) is 6.04 Å². The Bertz CT molecular complexity index is 322. The normalized spacial score (nSPS) is 21.5. The van der Waals surface area contributed by atoms with Crippen molar-refractivity contribution in [3.8, 4) is 0 Å². The van der Waals surface area contributed by atoms with E-state index in [1.165, 1.54) is 24.2 Å². The molecular formula is C7H5NO4. The molecule has 0 aromatic rings. The second-order valence-corrected chi connectivity index (χ2v) is 2.20. The van der Waals surface area contributed by atoms with Gasteiger partial charge in [0.2, 0.25) is 0 Å². The number of nitro groups is 1. The highest BCUT2D eigenvalue weighted by atomic mass is 16.6. The summed E-state index contributed by atoms with van der Waals surface area (Å²) in [5.41, 5.74) is -0.167. The lowest BCUT2D eigenvalue weighted by molar-refractivity contribution is -0.505. The minimum atomic E-state index is -1.45. The molecule has 1 rings (SSSR count). The fourth-order valence-corrected chi connectivity index (χ4v) is 0.903. The van der Waals surface area contributed by atoms with Gasteiger partial charge in [0.1, 0.15) is 11.5 Å². The van der Waals surface area contributed by atoms with Crippen molar-refractivity contribution >= 4 is 5.94 Å². The Balaban J connectivity index is 3.11. The van der Waals surface area contributed by atoms with Crippen LogP contribution in [0.25, 0.3) is 0 Å². The van der Waals surface area contributed by atoms with E-state index in [1.807, 2.05) is 0 Å². The minimum Gasteiger partial charge on any atom is -0.505 e. The van der Waals surface area contributed by atoms with E-state index < -0.39 is 16.7 Å². The van der Waals surface area contributed by atoms with Gasteiger partial charge in [-0.05, 0) is 12.2 Å². The first-order valence-electron chi connectivity index (χ1n) is 3.12. The molecule has 0 saturated carbocycles. The van der Waals surface area contributed by atoms with Crippen LogP contribution in [0.2, 0.25) is 0 Å². The smallest absolute Gasteiger partial charge is 0.304 e. The standard InChI is InChI=1S/C7H5NO4/c9-4-5-2-1-3-6(10)7(5)8(11)12/h1-3,7,10H. The van der Waals surface area contributed by atoms with Crippen molar-refractivity contribution < 1.29 is 14.8 Å². The number of hydrogen-bond acceptors (Lipinski definition) is 4. The third-order valence-electron chi connectivity index (χ3n) is 1.45. The van der Waals surface area contributed by atoms with Crippen LogP contribution in [-0.2, 0) is 4.79 Å². The molecule has 1 unspecified atom stereocenters. The van der Waals surface area contributed by atoms with Crippen LogP contribution in [0.3, 0.4) is 0 Å². The lowest BCUT2D eigenvalue weighted by Gasteiger charge is -2.08. The molecular weight excluding hydrogens is 162 g/mol. The lowest BCUT2D eigenvalue weighted by Crippen LogP contribution is -2.25. The van der Waals surface area contributed by atoms with E-state index in [1.54, 1.807) is 0 Å². The van der Waals surface area contributed by atoms with Crippen molar-refractivity contribution in [2.24, 2.45) is 0 Å². The Kier molecular flexibility index (Phi) is 2.07. The number of hydrogen-bond donors (Lipinski definition) is 1. The van der Waals surface area contributed by atoms with Crippen LogP contribution in [0.15, 0.2) is 29.6 Å². The van der Waals surface area contributed by atoms with Crippen LogP contribution in [0.4, 0.5) is 0 Å². The molecule has 62 valence electrons. The van der Waals surface area contributed by atoms with Gasteiger partial charge in [-0.1, -0.05) is 6.08 Å². The Labute approximate surface area is 67.5 Å². The summed E-state index contributed by atoms with van der Waals surface area (Å²) in [6.45, 7) is 0. The SMILES string of the molecule is O=C=C1C=CC=C(O)C1[N+](=O)[O-]. The van der Waals surface area contributed by atoms with E-state index in [4.69, 9.17) is 5.11 Å². The molecule has 1 N–H and O–H groups in total. The molecule has 0 bridgehead atoms. The molecule has 5 heteroatoms. The van der Waals surface area contributed by atoms with Gasteiger partial charge in [0.25, 0.3) is 0 Å². The highest BCUT2D eigenvalue weighted by Crippen LogP contribution is 2.16. The lowest BCUT2D eigenvalue weighted by atomic mass is 10.0. The summed E-state index contributed by atoms with van der Waals surface area (Å²) in [4.78, 5) is 19.7. The van der Waals surface area contributed by atoms with Gasteiger partial charge in [-0.15, -0.1) is 0 Å². The zero-order valence-electron chi connectivity index (χ0n) is 5.93. The van der Waals surface area contributed by atoms with E-state index >= 15 is 0 Å². The van der Waals surface area contributed by atoms with Gasteiger partial charge >= 0.3 is 6.04 Å². The number of rotatable bonds is 1. The first-order valence-corrected chi connectivity index (χ1v) is 3.12. The van der Waals surface area contributed by atoms with Gasteiger partial charge in [0, 0.05) is 4.92 Å². The predicted molar refractivity (Wildman–Crippen MR) is 39.8 cm³/mol. The van der Waals surface area contributed by atoms with E-state index in [2.05, 4.69) is 0 Å². The van der Waals surface area contributed by atoms with E-state index in [0.717, 1.165) is 0 Å². The van der Waals surface area contributed by atoms with Gasteiger partial charge in [-0.25, -0.2) is 4.79 Å². The van der Waals surface area contributed by atoms with Gasteiger partial charge in [-0.2, -0.15) is 0 Å². The maximum Gasteiger partial charge on any atom is 0.304 e. The molecule has 0 amide bonds. The summed E-state index contributed by atoms with van der Waals surface area (Å²) in [5.74, 6) is 0.959. The summed E-state index contributed by atoms with van der Waals surface area (Å²) in [6, 6.07) is -1.45. The Hall–Kier alpha value is -1.87. The summed E-state index contributed by atoms with van der Waals surface area (Å²) in [5, 5.41) is 19.3. The van der Waals surface area contributed by atoms with Crippen LogP contribution < -0.4 is 0 Å². The molecule has 0 saturated heterocycles. The molecule has 1 atom stereocenters. The van der Waals surface area contributed by atoms with Crippen LogP contribution in [0.5, 0.6) is 0 Å². The second kappa shape index (κ2) is 3.02. The molecule has 5 nitrogen and oxygen atoms in total. The number of carbonyl (C=O) groups excluding carboxylic acids is 1. The van der Waals surface area contributed by atoms with Gasteiger partial charge in [0.05, 0.1) is 0 Å². The van der Waals surface area contributed by atoms with E-state index in [-0.39, 0.29) is 5.57 Å². The Morgan fingerprint density at radius 1 is 1.67 bits per heavy atom. The molecule has 0 fully saturated rings. The number of aliphatic hydroxyl groups is 1. The van der Waals surface area contributed by atoms with Crippen molar-refractivity contribution in [3.05, 3.63) is 39.7 Å². The maximum absolute atomic E-state index is 10.3. The topological polar surface area (TPSA) is 80.4 Å². The Morgan fingerprint density at radius 2 is 2.33 bits per heavy atom. The van der Waals surface area contributed by atoms with E-state index in [9.17, 15) is 14.9 Å². The van der Waals surface area contributed by atoms with Crippen LogP contribution in [-0.4, -0.2) is 22.0 Å². The molecule has 0 radical (unpaired) electrons. The van der Waals surface area contributed by atoms with Crippen molar-refractivity contribution in [1.29, 1.82) is 0 Å². The van der Waals surface area contributed by atoms with Crippen molar-refractivity contribution in [2.75, 3.05) is 0 Å². The first-order chi connectivity index (χ1) is 5.66. The van der Waals surface area contributed by atoms with Crippen LogP contribution in [0.1, 0.15) is 0 Å². The third-order valence-corrected chi connectivity index (χ3v) is 1.45. The molecule has 0 aromatic heterocycles. The quantitative estimate of drug-likeness (QED) is 0.348. The number of allylic oxidation sites excluding steroid dienone is 2. The molecule has 0 aliphatic heterocycles. The molecule has 0 aromatic carbocycles. The molecule has 12 heavy (non-hydrogen) atoms. The predicted octanol–water partition coefficient (Wildman–Crippen LogP) is 0.401. The number of nitrogens with zero attached hydrogens (tertiary/aromatic N) is 1. The largest absolute Gasteiger partial charge is 0.505 e. The summed E-state index contributed by atoms with van der Waals surface area (Å²) < 4.78 is 0. The van der Waals surface area contributed by atoms with E-state index in [0.29, 0.717) is 0 Å². The molecule has 0 heterocycles. The second-order valence-electron chi connectivity index (χ2n) is 2.20. The zero-order valence-corrected chi connectivity index (χ0v) is 5.93. The number of aliphatic hydroxyl groups excluding tert-OH is 1. The summed E-state index contributed by atoms with van der Waals surface area (Å²) in [6.07, 6.45) is 3.78. The minimum absolute atomic E-state index is 0.167. The maximum atomic E-state index is 10.3. The van der Waals surface area contributed by atoms with Gasteiger partial charge < -0.3 is 5.11 Å². The summed E-state index contributed by atoms with van der Waals surface area (Å²) >= 11 is 0. The van der Waals surface area contributed by atoms with Crippen LogP contribution >= 0.6 is 0 Å². The van der Waals surface area contributed by atoms with Crippen molar-refractivity contribution in [3.63, 3.8) is 0 Å². The van der Waals surface area contributed by atoms with Gasteiger partial charge in [-0.3, -0.25) is 10.1 Å². The fourth-order valence-electron chi connectivity index (χ4n) is 0.903.